The van der Waals surface area contributed by atoms with Gasteiger partial charge in [0.25, 0.3) is 0 Å². The zero-order chi connectivity index (χ0) is 10.1. The normalized spacial score (nSPS) is 27.6. The van der Waals surface area contributed by atoms with Gasteiger partial charge in [0.2, 0.25) is 5.89 Å². The summed E-state index contributed by atoms with van der Waals surface area (Å²) in [6.45, 7) is 0. The monoisotopic (exact) mass is 225 g/mol. The Morgan fingerprint density at radius 1 is 1.33 bits per heavy atom. The first kappa shape index (κ1) is 9.66. The van der Waals surface area contributed by atoms with Gasteiger partial charge < -0.3 is 4.52 Å². The van der Waals surface area contributed by atoms with Crippen LogP contribution in [0.1, 0.15) is 49.4 Å². The first-order valence-corrected chi connectivity index (χ1v) is 6.73. The fraction of sp³-hybridized carbons (Fsp3) is 0.800. The van der Waals surface area contributed by atoms with Crippen LogP contribution in [0.2, 0.25) is 0 Å². The molecule has 4 nitrogen and oxygen atoms in total. The molecule has 1 saturated heterocycles. The van der Waals surface area contributed by atoms with Crippen LogP contribution in [-0.4, -0.2) is 21.8 Å². The van der Waals surface area contributed by atoms with Gasteiger partial charge in [-0.2, -0.15) is 4.98 Å². The molecule has 1 saturated carbocycles. The van der Waals surface area contributed by atoms with Gasteiger partial charge in [0.1, 0.15) is 0 Å². The molecule has 0 aromatic carbocycles. The van der Waals surface area contributed by atoms with Gasteiger partial charge in [-0.1, -0.05) is 18.0 Å². The minimum atomic E-state index is 0.276. The van der Waals surface area contributed by atoms with Gasteiger partial charge in [0.05, 0.1) is 6.04 Å². The smallest absolute Gasteiger partial charge is 0.244 e. The molecule has 0 bridgehead atoms. The first-order valence-electron chi connectivity index (χ1n) is 5.58. The van der Waals surface area contributed by atoms with Crippen molar-refractivity contribution >= 4 is 11.8 Å². The number of hydrogen-bond donors (Lipinski definition) is 1. The molecule has 1 aliphatic heterocycles. The second-order valence-corrected chi connectivity index (χ2v) is 5.27. The van der Waals surface area contributed by atoms with Crippen LogP contribution in [0.3, 0.4) is 0 Å². The lowest BCUT2D eigenvalue weighted by molar-refractivity contribution is 0.345. The molecule has 0 unspecified atom stereocenters. The van der Waals surface area contributed by atoms with Crippen molar-refractivity contribution in [2.75, 3.05) is 11.6 Å². The quantitative estimate of drug-likeness (QED) is 0.835. The lowest BCUT2D eigenvalue weighted by atomic mass is 10.1. The molecule has 1 aliphatic carbocycles. The van der Waals surface area contributed by atoms with Crippen molar-refractivity contribution in [1.29, 1.82) is 0 Å². The van der Waals surface area contributed by atoms with Crippen LogP contribution in [0.15, 0.2) is 4.52 Å². The molecule has 15 heavy (non-hydrogen) atoms. The van der Waals surface area contributed by atoms with Crippen molar-refractivity contribution in [3.8, 4) is 0 Å². The van der Waals surface area contributed by atoms with Crippen LogP contribution in [0.4, 0.5) is 0 Å². The molecule has 2 aliphatic rings. The Balaban J connectivity index is 1.74. The second kappa shape index (κ2) is 4.14. The summed E-state index contributed by atoms with van der Waals surface area (Å²) in [4.78, 5) is 4.52. The summed E-state index contributed by atoms with van der Waals surface area (Å²) in [6.07, 6.45) is 5.08. The predicted molar refractivity (Wildman–Crippen MR) is 58.7 cm³/mol. The van der Waals surface area contributed by atoms with Gasteiger partial charge in [-0.05, 0) is 12.8 Å². The number of thioether (sulfide) groups is 1. The molecule has 2 heterocycles. The van der Waals surface area contributed by atoms with Crippen LogP contribution in [0.5, 0.6) is 0 Å². The van der Waals surface area contributed by atoms with Crippen molar-refractivity contribution in [3.63, 3.8) is 0 Å². The van der Waals surface area contributed by atoms with Crippen molar-refractivity contribution in [3.05, 3.63) is 11.7 Å². The molecule has 82 valence electrons. The molecular weight excluding hydrogens is 210 g/mol. The van der Waals surface area contributed by atoms with Gasteiger partial charge >= 0.3 is 0 Å². The number of aromatic nitrogens is 2. The highest BCUT2D eigenvalue weighted by molar-refractivity contribution is 7.99. The highest BCUT2D eigenvalue weighted by Crippen LogP contribution is 2.33. The van der Waals surface area contributed by atoms with E-state index in [2.05, 4.69) is 15.5 Å². The molecular formula is C10H15N3OS. The first-order chi connectivity index (χ1) is 7.43. The topological polar surface area (TPSA) is 51.0 Å². The van der Waals surface area contributed by atoms with Crippen LogP contribution in [0, 0.1) is 0 Å². The molecule has 0 radical (unpaired) electrons. The standard InChI is InChI=1S/C10H15N3OS/c1-2-4-7(3-1)9-12-10(14-13-9)8-5-15-6-11-8/h7-8,11H,1-6H2/t8-/m1/s1. The van der Waals surface area contributed by atoms with Crippen LogP contribution >= 0.6 is 11.8 Å². The third-order valence-corrected chi connectivity index (χ3v) is 4.13. The third kappa shape index (κ3) is 1.90. The van der Waals surface area contributed by atoms with Crippen LogP contribution in [-0.2, 0) is 0 Å². The van der Waals surface area contributed by atoms with E-state index in [0.29, 0.717) is 5.92 Å². The second-order valence-electron chi connectivity index (χ2n) is 4.24. The fourth-order valence-corrected chi connectivity index (χ4v) is 3.23. The fourth-order valence-electron chi connectivity index (χ4n) is 2.29. The van der Waals surface area contributed by atoms with E-state index in [4.69, 9.17) is 4.52 Å². The molecule has 1 aromatic rings. The maximum atomic E-state index is 5.32. The molecule has 0 amide bonds. The Kier molecular flexibility index (Phi) is 2.66. The minimum absolute atomic E-state index is 0.276. The van der Waals surface area contributed by atoms with Crippen molar-refractivity contribution < 1.29 is 4.52 Å². The molecule has 3 rings (SSSR count). The molecule has 1 aromatic heterocycles. The minimum Gasteiger partial charge on any atom is -0.338 e. The van der Waals surface area contributed by atoms with E-state index < -0.39 is 0 Å². The molecule has 5 heteroatoms. The Labute approximate surface area is 93.2 Å². The Morgan fingerprint density at radius 2 is 2.20 bits per heavy atom. The Hall–Kier alpha value is -0.550. The van der Waals surface area contributed by atoms with E-state index in [0.717, 1.165) is 23.3 Å². The average Bonchev–Trinajstić information content (AvgIpc) is 3.02. The lowest BCUT2D eigenvalue weighted by Gasteiger charge is -2.02. The van der Waals surface area contributed by atoms with Crippen molar-refractivity contribution in [2.24, 2.45) is 0 Å². The van der Waals surface area contributed by atoms with E-state index in [-0.39, 0.29) is 6.04 Å². The summed E-state index contributed by atoms with van der Waals surface area (Å²) >= 11 is 1.88. The number of nitrogens with one attached hydrogen (secondary N) is 1. The molecule has 1 atom stereocenters. The summed E-state index contributed by atoms with van der Waals surface area (Å²) in [7, 11) is 0. The molecule has 0 spiro atoms. The Morgan fingerprint density at radius 3 is 2.93 bits per heavy atom. The predicted octanol–water partition coefficient (Wildman–Crippen LogP) is 2.06. The van der Waals surface area contributed by atoms with Crippen molar-refractivity contribution in [1.82, 2.24) is 15.5 Å². The summed E-state index contributed by atoms with van der Waals surface area (Å²) in [5, 5.41) is 7.45. The van der Waals surface area contributed by atoms with Crippen molar-refractivity contribution in [2.45, 2.75) is 37.6 Å². The highest BCUT2D eigenvalue weighted by Gasteiger charge is 2.26. The van der Waals surface area contributed by atoms with Crippen LogP contribution < -0.4 is 5.32 Å². The Bertz CT molecular complexity index is 299. The summed E-state index contributed by atoms with van der Waals surface area (Å²) in [5.74, 6) is 4.30. The third-order valence-electron chi connectivity index (χ3n) is 3.19. The maximum Gasteiger partial charge on any atom is 0.244 e. The lowest BCUT2D eigenvalue weighted by Crippen LogP contribution is -2.14. The molecule has 2 fully saturated rings. The average molecular weight is 225 g/mol. The van der Waals surface area contributed by atoms with Gasteiger partial charge in [0.15, 0.2) is 5.82 Å². The van der Waals surface area contributed by atoms with Crippen LogP contribution in [0.25, 0.3) is 0 Å². The van der Waals surface area contributed by atoms with Gasteiger partial charge in [0, 0.05) is 17.5 Å². The summed E-state index contributed by atoms with van der Waals surface area (Å²) in [6, 6.07) is 0.276. The van der Waals surface area contributed by atoms with E-state index in [1.165, 1.54) is 25.7 Å². The maximum absolute atomic E-state index is 5.32. The summed E-state index contributed by atoms with van der Waals surface area (Å²) in [5.41, 5.74) is 0. The number of nitrogens with zero attached hydrogens (tertiary/aromatic N) is 2. The van der Waals surface area contributed by atoms with E-state index >= 15 is 0 Å². The van der Waals surface area contributed by atoms with Gasteiger partial charge in [-0.3, -0.25) is 5.32 Å². The summed E-state index contributed by atoms with van der Waals surface area (Å²) < 4.78 is 5.32. The van der Waals surface area contributed by atoms with E-state index in [1.54, 1.807) is 0 Å². The van der Waals surface area contributed by atoms with E-state index in [1.807, 2.05) is 11.8 Å². The zero-order valence-electron chi connectivity index (χ0n) is 8.61. The van der Waals surface area contributed by atoms with E-state index in [9.17, 15) is 0 Å². The largest absolute Gasteiger partial charge is 0.338 e. The van der Waals surface area contributed by atoms with Gasteiger partial charge in [-0.15, -0.1) is 11.8 Å². The SMILES string of the molecule is C1CCC(c2noc([C@H]3CSCN3)n2)C1. The van der Waals surface area contributed by atoms with Gasteiger partial charge in [-0.25, -0.2) is 0 Å². The molecule has 1 N–H and O–H groups in total. The zero-order valence-corrected chi connectivity index (χ0v) is 9.42. The number of hydrogen-bond acceptors (Lipinski definition) is 5. The highest BCUT2D eigenvalue weighted by atomic mass is 32.2. The number of rotatable bonds is 2.